The molecule has 1 aliphatic rings. The number of alkyl halides is 3. The van der Waals surface area contributed by atoms with E-state index in [0.717, 1.165) is 17.7 Å². The van der Waals surface area contributed by atoms with Gasteiger partial charge in [0.05, 0.1) is 21.7 Å². The number of unbranched alkanes of at least 4 members (excludes halogenated alkanes) is 2. The Labute approximate surface area is 212 Å². The number of likely N-dealkylation sites (tertiary alicyclic amines) is 1. The predicted molar refractivity (Wildman–Crippen MR) is 127 cm³/mol. The van der Waals surface area contributed by atoms with E-state index in [0.29, 0.717) is 54.4 Å². The van der Waals surface area contributed by atoms with E-state index in [4.69, 9.17) is 28.5 Å². The minimum absolute atomic E-state index is 0.0236. The van der Waals surface area contributed by atoms with E-state index in [1.807, 2.05) is 11.0 Å². The largest absolute Gasteiger partial charge is 0.419 e. The molecule has 1 unspecified atom stereocenters. The molecule has 1 aliphatic heterocycles. The third kappa shape index (κ3) is 6.87. The van der Waals surface area contributed by atoms with E-state index in [1.165, 1.54) is 6.07 Å². The number of likely N-dealkylation sites (N-methyl/N-ethyl adjacent to an activating group) is 1. The van der Waals surface area contributed by atoms with Gasteiger partial charge in [0.15, 0.2) is 0 Å². The van der Waals surface area contributed by atoms with Crippen LogP contribution in [0.4, 0.5) is 17.6 Å². The highest BCUT2D eigenvalue weighted by Crippen LogP contribution is 2.36. The van der Waals surface area contributed by atoms with Gasteiger partial charge in [0, 0.05) is 44.4 Å². The van der Waals surface area contributed by atoms with Crippen molar-refractivity contribution in [3.63, 3.8) is 0 Å². The fourth-order valence-corrected chi connectivity index (χ4v) is 4.74. The first-order chi connectivity index (χ1) is 16.5. The Morgan fingerprint density at radius 1 is 1.14 bits per heavy atom. The van der Waals surface area contributed by atoms with Gasteiger partial charge in [0.25, 0.3) is 0 Å². The average Bonchev–Trinajstić information content (AvgIpc) is 3.23. The first kappa shape index (κ1) is 27.3. The monoisotopic (exact) mass is 529 g/mol. The van der Waals surface area contributed by atoms with E-state index >= 15 is 0 Å². The molecule has 0 N–H and O–H groups in total. The molecule has 0 aromatic heterocycles. The number of carbonyl (C=O) groups is 1. The van der Waals surface area contributed by atoms with Crippen molar-refractivity contribution in [1.29, 1.82) is 5.26 Å². The van der Waals surface area contributed by atoms with E-state index in [1.54, 1.807) is 24.1 Å². The van der Waals surface area contributed by atoms with Gasteiger partial charge in [-0.2, -0.15) is 18.4 Å². The summed E-state index contributed by atoms with van der Waals surface area (Å²) in [4.78, 5) is 16.5. The molecule has 1 amide bonds. The lowest BCUT2D eigenvalue weighted by Gasteiger charge is -2.29. The number of amides is 1. The summed E-state index contributed by atoms with van der Waals surface area (Å²) in [5.74, 6) is -1.47. The van der Waals surface area contributed by atoms with Crippen LogP contribution < -0.4 is 0 Å². The quantitative estimate of drug-likeness (QED) is 0.283. The molecule has 0 saturated carbocycles. The van der Waals surface area contributed by atoms with Crippen LogP contribution in [-0.2, 0) is 17.5 Å². The van der Waals surface area contributed by atoms with Crippen LogP contribution in [0, 0.1) is 17.1 Å². The predicted octanol–water partition coefficient (Wildman–Crippen LogP) is 6.66. The Balaban J connectivity index is 1.80. The van der Waals surface area contributed by atoms with Crippen molar-refractivity contribution >= 4 is 29.1 Å². The Bertz CT molecular complexity index is 1100. The average molecular weight is 530 g/mol. The summed E-state index contributed by atoms with van der Waals surface area (Å²) in [6.45, 7) is 1.04. The molecule has 4 nitrogen and oxygen atoms in total. The third-order valence-electron chi connectivity index (χ3n) is 6.28. The minimum atomic E-state index is -4.76. The van der Waals surface area contributed by atoms with Gasteiger partial charge >= 0.3 is 6.18 Å². The van der Waals surface area contributed by atoms with Crippen LogP contribution in [-0.4, -0.2) is 41.9 Å². The van der Waals surface area contributed by atoms with Gasteiger partial charge in [-0.05, 0) is 55.3 Å². The highest BCUT2D eigenvalue weighted by molar-refractivity contribution is 6.42. The fourth-order valence-electron chi connectivity index (χ4n) is 4.44. The van der Waals surface area contributed by atoms with Crippen molar-refractivity contribution in [2.75, 3.05) is 20.1 Å². The maximum absolute atomic E-state index is 14.1. The summed E-state index contributed by atoms with van der Waals surface area (Å²) in [6, 6.07) is 10.1. The maximum atomic E-state index is 14.1. The number of nitriles is 1. The second kappa shape index (κ2) is 11.6. The van der Waals surface area contributed by atoms with Gasteiger partial charge < -0.3 is 4.90 Å². The molecule has 0 radical (unpaired) electrons. The number of benzene rings is 2. The molecule has 188 valence electrons. The van der Waals surface area contributed by atoms with Gasteiger partial charge in [-0.15, -0.1) is 0 Å². The Morgan fingerprint density at radius 3 is 2.51 bits per heavy atom. The van der Waals surface area contributed by atoms with E-state index in [2.05, 4.69) is 6.07 Å². The van der Waals surface area contributed by atoms with Crippen LogP contribution in [0.2, 0.25) is 10.0 Å². The molecular formula is C25H25Cl2F4N3O. The van der Waals surface area contributed by atoms with Gasteiger partial charge in [-0.25, -0.2) is 4.39 Å². The van der Waals surface area contributed by atoms with Crippen molar-refractivity contribution in [2.45, 2.75) is 50.4 Å². The Kier molecular flexibility index (Phi) is 9.03. The second-order valence-electron chi connectivity index (χ2n) is 8.74. The van der Waals surface area contributed by atoms with Crippen molar-refractivity contribution in [3.8, 4) is 6.07 Å². The molecule has 1 saturated heterocycles. The molecule has 2 atom stereocenters. The first-order valence-electron chi connectivity index (χ1n) is 11.2. The van der Waals surface area contributed by atoms with E-state index in [-0.39, 0.29) is 24.4 Å². The molecule has 1 fully saturated rings. The lowest BCUT2D eigenvalue weighted by molar-refractivity contribution is -0.140. The van der Waals surface area contributed by atoms with Crippen molar-refractivity contribution < 1.29 is 22.4 Å². The highest BCUT2D eigenvalue weighted by Gasteiger charge is 2.39. The number of rotatable bonds is 8. The van der Waals surface area contributed by atoms with Crippen molar-refractivity contribution in [1.82, 2.24) is 9.80 Å². The normalized spacial score (nSPS) is 18.2. The molecular weight excluding hydrogens is 505 g/mol. The Hall–Kier alpha value is -2.34. The number of halogens is 6. The topological polar surface area (TPSA) is 47.3 Å². The lowest BCUT2D eigenvalue weighted by atomic mass is 9.93. The molecule has 10 heteroatoms. The number of hydrogen-bond acceptors (Lipinski definition) is 3. The van der Waals surface area contributed by atoms with E-state index in [9.17, 15) is 22.4 Å². The molecule has 35 heavy (non-hydrogen) atoms. The summed E-state index contributed by atoms with van der Waals surface area (Å²) in [5, 5.41) is 9.48. The molecule has 2 aromatic rings. The zero-order chi connectivity index (χ0) is 25.8. The molecule has 3 rings (SSSR count). The smallest absolute Gasteiger partial charge is 0.340 e. The summed E-state index contributed by atoms with van der Waals surface area (Å²) >= 11 is 12.3. The van der Waals surface area contributed by atoms with Crippen molar-refractivity contribution in [3.05, 3.63) is 69.0 Å². The van der Waals surface area contributed by atoms with Gasteiger partial charge in [0.1, 0.15) is 5.82 Å². The second-order valence-corrected chi connectivity index (χ2v) is 9.55. The van der Waals surface area contributed by atoms with Crippen LogP contribution in [0.3, 0.4) is 0 Å². The summed E-state index contributed by atoms with van der Waals surface area (Å²) in [7, 11) is 1.80. The van der Waals surface area contributed by atoms with Gasteiger partial charge in [0.2, 0.25) is 5.91 Å². The third-order valence-corrected chi connectivity index (χ3v) is 7.02. The minimum Gasteiger partial charge on any atom is -0.340 e. The van der Waals surface area contributed by atoms with Gasteiger partial charge in [-0.3, -0.25) is 9.69 Å². The standard InChI is InChI=1S/C25H25Cl2F4N3O/c1-33(13-16-6-8-19(22(28)11-16)25(29,30)31)23-15-34(24(35)5-3-2-4-10-32)14-18(23)17-7-9-20(26)21(27)12-17/h6-9,11-12,18,23H,2-5,13-15H2,1H3/t18-,23?/m1/s1. The number of hydrogen-bond donors (Lipinski definition) is 0. The van der Waals surface area contributed by atoms with Crippen LogP contribution >= 0.6 is 23.2 Å². The molecule has 2 aromatic carbocycles. The zero-order valence-corrected chi connectivity index (χ0v) is 20.6. The van der Waals surface area contributed by atoms with E-state index < -0.39 is 17.6 Å². The maximum Gasteiger partial charge on any atom is 0.419 e. The fraction of sp³-hybridized carbons (Fsp3) is 0.440. The van der Waals surface area contributed by atoms with Crippen LogP contribution in [0.15, 0.2) is 36.4 Å². The summed E-state index contributed by atoms with van der Waals surface area (Å²) in [5.41, 5.74) is -0.0200. The Morgan fingerprint density at radius 2 is 1.89 bits per heavy atom. The summed E-state index contributed by atoms with van der Waals surface area (Å²) < 4.78 is 52.8. The van der Waals surface area contributed by atoms with Crippen LogP contribution in [0.25, 0.3) is 0 Å². The van der Waals surface area contributed by atoms with Gasteiger partial charge in [-0.1, -0.05) is 35.3 Å². The van der Waals surface area contributed by atoms with Crippen molar-refractivity contribution in [2.24, 2.45) is 0 Å². The lowest BCUT2D eigenvalue weighted by Crippen LogP contribution is -2.38. The molecule has 0 spiro atoms. The summed E-state index contributed by atoms with van der Waals surface area (Å²) in [6.07, 6.45) is -2.77. The van der Waals surface area contributed by atoms with Crippen LogP contribution in [0.5, 0.6) is 0 Å². The molecule has 0 bridgehead atoms. The number of nitrogens with zero attached hydrogens (tertiary/aromatic N) is 3. The highest BCUT2D eigenvalue weighted by atomic mass is 35.5. The number of carbonyl (C=O) groups excluding carboxylic acids is 1. The zero-order valence-electron chi connectivity index (χ0n) is 19.1. The molecule has 1 heterocycles. The SMILES string of the molecule is CN(Cc1ccc(C(F)(F)F)c(F)c1)C1CN(C(=O)CCCCC#N)C[C@@H]1c1ccc(Cl)c(Cl)c1. The van der Waals surface area contributed by atoms with Crippen LogP contribution in [0.1, 0.15) is 48.3 Å². The first-order valence-corrected chi connectivity index (χ1v) is 11.9. The molecule has 0 aliphatic carbocycles.